The van der Waals surface area contributed by atoms with Crippen LogP contribution in [0, 0.1) is 13.8 Å². The maximum absolute atomic E-state index is 14.7. The summed E-state index contributed by atoms with van der Waals surface area (Å²) in [5, 5.41) is 15.8. The smallest absolute Gasteiger partial charge is 0.408 e. The van der Waals surface area contributed by atoms with Gasteiger partial charge in [-0.15, -0.1) is 0 Å². The molecule has 0 aliphatic rings. The highest BCUT2D eigenvalue weighted by atomic mass is 16.6. The second-order valence-electron chi connectivity index (χ2n) is 13.3. The van der Waals surface area contributed by atoms with Gasteiger partial charge in [-0.05, 0) is 88.8 Å². The van der Waals surface area contributed by atoms with Crippen LogP contribution in [0.25, 0.3) is 0 Å². The Labute approximate surface area is 271 Å². The maximum atomic E-state index is 14.7. The minimum absolute atomic E-state index is 0.0613. The molecule has 3 N–H and O–H groups in total. The zero-order valence-corrected chi connectivity index (χ0v) is 28.9. The summed E-state index contributed by atoms with van der Waals surface area (Å²) in [7, 11) is 0. The fourth-order valence-corrected chi connectivity index (χ4v) is 5.49. The number of phenols is 1. The van der Waals surface area contributed by atoms with E-state index in [2.05, 4.69) is 24.5 Å². The molecule has 0 aromatic heterocycles. The normalized spacial score (nSPS) is 13.4. The number of alkyl carbamates (subject to hydrolysis) is 1. The molecule has 0 aliphatic heterocycles. The molecule has 250 valence electrons. The van der Waals surface area contributed by atoms with Gasteiger partial charge in [-0.25, -0.2) is 4.79 Å². The standard InChI is InChI=1S/C37H57N3O5/c1-9-11-12-13-14-15-24-40(33(34(42)38-27(4)17-10-2)31-19-16-18-26(3)28(31)5)35(43)32(39-36(44)45-37(6,7)8)25-29-20-22-30(41)23-21-29/h16,18-23,27,32-33,41H,9-15,17,24-25H2,1-8H3,(H,38,42)(H,39,44). The van der Waals surface area contributed by atoms with Gasteiger partial charge in [0.25, 0.3) is 0 Å². The summed E-state index contributed by atoms with van der Waals surface area (Å²) >= 11 is 0. The monoisotopic (exact) mass is 623 g/mol. The van der Waals surface area contributed by atoms with Crippen LogP contribution in [0.3, 0.4) is 0 Å². The number of carbonyl (C=O) groups is 3. The molecular formula is C37H57N3O5. The Bertz CT molecular complexity index is 1220. The molecule has 8 nitrogen and oxygen atoms in total. The SMILES string of the molecule is CCCCCCCCN(C(=O)C(Cc1ccc(O)cc1)NC(=O)OC(C)(C)C)C(C(=O)NC(C)CCC)c1cccc(C)c1C. The van der Waals surface area contributed by atoms with E-state index in [-0.39, 0.29) is 30.0 Å². The quantitative estimate of drug-likeness (QED) is 0.157. The second-order valence-corrected chi connectivity index (χ2v) is 13.3. The Kier molecular flexibility index (Phi) is 15.4. The maximum Gasteiger partial charge on any atom is 0.408 e. The first-order valence-electron chi connectivity index (χ1n) is 16.7. The van der Waals surface area contributed by atoms with Crippen LogP contribution >= 0.6 is 0 Å². The first kappa shape index (κ1) is 37.6. The fourth-order valence-electron chi connectivity index (χ4n) is 5.49. The van der Waals surface area contributed by atoms with Crippen molar-refractivity contribution in [1.82, 2.24) is 15.5 Å². The Balaban J connectivity index is 2.60. The van der Waals surface area contributed by atoms with E-state index in [0.29, 0.717) is 6.54 Å². The Morgan fingerprint density at radius 1 is 0.889 bits per heavy atom. The molecule has 8 heteroatoms. The van der Waals surface area contributed by atoms with Gasteiger partial charge in [0.2, 0.25) is 11.8 Å². The molecule has 0 radical (unpaired) electrons. The van der Waals surface area contributed by atoms with Gasteiger partial charge < -0.3 is 25.4 Å². The van der Waals surface area contributed by atoms with E-state index < -0.39 is 23.8 Å². The highest BCUT2D eigenvalue weighted by molar-refractivity contribution is 5.92. The van der Waals surface area contributed by atoms with Crippen LogP contribution in [-0.4, -0.2) is 52.1 Å². The lowest BCUT2D eigenvalue weighted by atomic mass is 9.94. The number of nitrogens with one attached hydrogen (secondary N) is 2. The molecule has 2 aromatic rings. The Hall–Kier alpha value is -3.55. The van der Waals surface area contributed by atoms with Crippen LogP contribution in [-0.2, 0) is 20.7 Å². The number of ether oxygens (including phenoxy) is 1. The number of unbranched alkanes of at least 4 members (excludes halogenated alkanes) is 5. The third-order valence-corrected chi connectivity index (χ3v) is 8.01. The van der Waals surface area contributed by atoms with Crippen molar-refractivity contribution in [2.24, 2.45) is 0 Å². The highest BCUT2D eigenvalue weighted by Gasteiger charge is 2.37. The van der Waals surface area contributed by atoms with Crippen LogP contribution in [0.15, 0.2) is 42.5 Å². The van der Waals surface area contributed by atoms with Gasteiger partial charge in [-0.1, -0.05) is 82.7 Å². The summed E-state index contributed by atoms with van der Waals surface area (Å²) in [6.07, 6.45) is 7.35. The number of hydrogen-bond acceptors (Lipinski definition) is 5. The lowest BCUT2D eigenvalue weighted by molar-refractivity contribution is -0.142. The molecule has 0 aliphatic carbocycles. The van der Waals surface area contributed by atoms with Crippen LogP contribution in [0.4, 0.5) is 4.79 Å². The second kappa shape index (κ2) is 18.4. The summed E-state index contributed by atoms with van der Waals surface area (Å²) < 4.78 is 5.56. The molecule has 0 heterocycles. The van der Waals surface area contributed by atoms with Crippen molar-refractivity contribution >= 4 is 17.9 Å². The molecule has 0 saturated carbocycles. The number of nitrogens with zero attached hydrogens (tertiary/aromatic N) is 1. The summed E-state index contributed by atoms with van der Waals surface area (Å²) in [5.41, 5.74) is 2.76. The van der Waals surface area contributed by atoms with E-state index in [1.54, 1.807) is 49.9 Å². The Morgan fingerprint density at radius 3 is 2.16 bits per heavy atom. The number of amides is 3. The van der Waals surface area contributed by atoms with E-state index in [0.717, 1.165) is 67.2 Å². The van der Waals surface area contributed by atoms with Crippen LogP contribution < -0.4 is 10.6 Å². The molecule has 2 aromatic carbocycles. The molecule has 0 fully saturated rings. The zero-order chi connectivity index (χ0) is 33.6. The highest BCUT2D eigenvalue weighted by Crippen LogP contribution is 2.29. The molecule has 3 unspecified atom stereocenters. The van der Waals surface area contributed by atoms with Gasteiger partial charge in [0.15, 0.2) is 0 Å². The molecule has 3 amide bonds. The molecule has 0 spiro atoms. The van der Waals surface area contributed by atoms with E-state index in [4.69, 9.17) is 4.74 Å². The summed E-state index contributed by atoms with van der Waals surface area (Å²) in [6, 6.07) is 10.5. The van der Waals surface area contributed by atoms with Gasteiger partial charge in [0.1, 0.15) is 23.4 Å². The minimum Gasteiger partial charge on any atom is -0.508 e. The predicted octanol–water partition coefficient (Wildman–Crippen LogP) is 7.68. The minimum atomic E-state index is -1.00. The van der Waals surface area contributed by atoms with Crippen molar-refractivity contribution < 1.29 is 24.2 Å². The first-order valence-corrected chi connectivity index (χ1v) is 16.7. The molecule has 45 heavy (non-hydrogen) atoms. The van der Waals surface area contributed by atoms with Gasteiger partial charge >= 0.3 is 6.09 Å². The third kappa shape index (κ3) is 12.8. The molecule has 2 rings (SSSR count). The van der Waals surface area contributed by atoms with Crippen LogP contribution in [0.1, 0.15) is 121 Å². The van der Waals surface area contributed by atoms with E-state index >= 15 is 0 Å². The first-order chi connectivity index (χ1) is 21.3. The molecule has 0 bridgehead atoms. The molecular weight excluding hydrogens is 566 g/mol. The number of aromatic hydroxyl groups is 1. The number of carbonyl (C=O) groups excluding carboxylic acids is 3. The van der Waals surface area contributed by atoms with Crippen LogP contribution in [0.2, 0.25) is 0 Å². The van der Waals surface area contributed by atoms with Gasteiger partial charge in [0.05, 0.1) is 0 Å². The van der Waals surface area contributed by atoms with Crippen molar-refractivity contribution in [1.29, 1.82) is 0 Å². The largest absolute Gasteiger partial charge is 0.508 e. The Morgan fingerprint density at radius 2 is 1.53 bits per heavy atom. The van der Waals surface area contributed by atoms with E-state index in [9.17, 15) is 19.5 Å². The van der Waals surface area contributed by atoms with Gasteiger partial charge in [-0.3, -0.25) is 9.59 Å². The number of hydrogen-bond donors (Lipinski definition) is 3. The van der Waals surface area contributed by atoms with Gasteiger partial charge in [0, 0.05) is 19.0 Å². The number of benzene rings is 2. The lowest BCUT2D eigenvalue weighted by Gasteiger charge is -2.36. The average Bonchev–Trinajstić information content (AvgIpc) is 2.95. The lowest BCUT2D eigenvalue weighted by Crippen LogP contribution is -2.54. The van der Waals surface area contributed by atoms with Crippen molar-refractivity contribution in [2.45, 2.75) is 137 Å². The number of aryl methyl sites for hydroxylation is 1. The van der Waals surface area contributed by atoms with Crippen molar-refractivity contribution in [2.75, 3.05) is 6.54 Å². The van der Waals surface area contributed by atoms with Crippen molar-refractivity contribution in [3.05, 3.63) is 64.7 Å². The fraction of sp³-hybridized carbons (Fsp3) is 0.595. The van der Waals surface area contributed by atoms with Gasteiger partial charge in [-0.2, -0.15) is 0 Å². The zero-order valence-electron chi connectivity index (χ0n) is 28.9. The van der Waals surface area contributed by atoms with Crippen LogP contribution in [0.5, 0.6) is 5.75 Å². The van der Waals surface area contributed by atoms with E-state index in [1.165, 1.54) is 6.42 Å². The summed E-state index contributed by atoms with van der Waals surface area (Å²) in [5.74, 6) is -0.476. The van der Waals surface area contributed by atoms with Crippen molar-refractivity contribution in [3.8, 4) is 5.75 Å². The third-order valence-electron chi connectivity index (χ3n) is 8.01. The number of rotatable bonds is 17. The average molecular weight is 624 g/mol. The summed E-state index contributed by atoms with van der Waals surface area (Å²) in [4.78, 5) is 43.7. The summed E-state index contributed by atoms with van der Waals surface area (Å²) in [6.45, 7) is 15.9. The number of phenolic OH excluding ortho intramolecular Hbond substituents is 1. The predicted molar refractivity (Wildman–Crippen MR) is 181 cm³/mol. The topological polar surface area (TPSA) is 108 Å². The van der Waals surface area contributed by atoms with Crippen molar-refractivity contribution in [3.63, 3.8) is 0 Å². The molecule has 3 atom stereocenters. The van der Waals surface area contributed by atoms with E-state index in [1.807, 2.05) is 39.0 Å². The molecule has 0 saturated heterocycles.